The predicted octanol–water partition coefficient (Wildman–Crippen LogP) is 3.06. The second-order valence-electron chi connectivity index (χ2n) is 5.05. The normalized spacial score (nSPS) is 17.4. The molecule has 20 heavy (non-hydrogen) atoms. The van der Waals surface area contributed by atoms with Crippen LogP contribution in [0.4, 0.5) is 0 Å². The highest BCUT2D eigenvalue weighted by Gasteiger charge is 2.21. The number of benzene rings is 2. The zero-order chi connectivity index (χ0) is 13.9. The summed E-state index contributed by atoms with van der Waals surface area (Å²) in [4.78, 5) is 11.3. The highest BCUT2D eigenvalue weighted by molar-refractivity contribution is 5.74. The summed E-state index contributed by atoms with van der Waals surface area (Å²) in [6.07, 6.45) is 0. The second-order valence-corrected chi connectivity index (χ2v) is 5.05. The van der Waals surface area contributed by atoms with Gasteiger partial charge < -0.3 is 10.1 Å². The summed E-state index contributed by atoms with van der Waals surface area (Å²) < 4.78 is 5.54. The van der Waals surface area contributed by atoms with E-state index in [-0.39, 0.29) is 11.9 Å². The first-order valence-electron chi connectivity index (χ1n) is 6.77. The van der Waals surface area contributed by atoms with Crippen LogP contribution in [0, 0.1) is 0 Å². The van der Waals surface area contributed by atoms with Crippen molar-refractivity contribution in [1.82, 2.24) is 5.32 Å². The Morgan fingerprint density at radius 1 is 1.15 bits per heavy atom. The third-order valence-electron chi connectivity index (χ3n) is 3.55. The van der Waals surface area contributed by atoms with Crippen molar-refractivity contribution in [3.05, 3.63) is 59.7 Å². The molecular formula is C17H17NO2. The summed E-state index contributed by atoms with van der Waals surface area (Å²) in [7, 11) is 0. The number of carbonyl (C=O) groups is 1. The molecule has 1 atom stereocenters. The van der Waals surface area contributed by atoms with Gasteiger partial charge in [-0.05, 0) is 28.3 Å². The molecule has 2 aromatic rings. The molecule has 1 aliphatic rings. The van der Waals surface area contributed by atoms with Crippen molar-refractivity contribution in [2.75, 3.05) is 6.61 Å². The van der Waals surface area contributed by atoms with E-state index in [0.29, 0.717) is 13.2 Å². The van der Waals surface area contributed by atoms with Gasteiger partial charge in [-0.1, -0.05) is 42.5 Å². The zero-order valence-corrected chi connectivity index (χ0v) is 11.4. The molecule has 0 spiro atoms. The summed E-state index contributed by atoms with van der Waals surface area (Å²) in [6.45, 7) is 2.68. The van der Waals surface area contributed by atoms with Crippen LogP contribution in [-0.4, -0.2) is 12.5 Å². The predicted molar refractivity (Wildman–Crippen MR) is 78.1 cm³/mol. The smallest absolute Gasteiger partial charge is 0.217 e. The Labute approximate surface area is 118 Å². The van der Waals surface area contributed by atoms with Gasteiger partial charge in [0, 0.05) is 6.92 Å². The Kier molecular flexibility index (Phi) is 3.52. The number of ether oxygens (including phenoxy) is 1. The van der Waals surface area contributed by atoms with Crippen LogP contribution in [0.25, 0.3) is 11.1 Å². The third-order valence-corrected chi connectivity index (χ3v) is 3.55. The van der Waals surface area contributed by atoms with E-state index >= 15 is 0 Å². The van der Waals surface area contributed by atoms with Gasteiger partial charge in [-0.15, -0.1) is 0 Å². The number of hydrogen-bond acceptors (Lipinski definition) is 2. The molecule has 0 aliphatic carbocycles. The highest BCUT2D eigenvalue weighted by atomic mass is 16.5. The van der Waals surface area contributed by atoms with E-state index in [1.54, 1.807) is 0 Å². The van der Waals surface area contributed by atoms with Gasteiger partial charge in [-0.2, -0.15) is 0 Å². The minimum Gasteiger partial charge on any atom is -0.374 e. The molecule has 3 heteroatoms. The van der Waals surface area contributed by atoms with Gasteiger partial charge in [-0.3, -0.25) is 4.79 Å². The fraction of sp³-hybridized carbons (Fsp3) is 0.235. The fourth-order valence-corrected chi connectivity index (χ4v) is 2.60. The molecule has 0 saturated carbocycles. The minimum atomic E-state index is -0.0556. The largest absolute Gasteiger partial charge is 0.374 e. The lowest BCUT2D eigenvalue weighted by Crippen LogP contribution is -2.32. The van der Waals surface area contributed by atoms with E-state index in [1.165, 1.54) is 18.1 Å². The maximum absolute atomic E-state index is 11.3. The Morgan fingerprint density at radius 2 is 1.95 bits per heavy atom. The van der Waals surface area contributed by atoms with Crippen molar-refractivity contribution < 1.29 is 9.53 Å². The number of amides is 1. The Bertz CT molecular complexity index is 622. The molecule has 1 N–H and O–H groups in total. The van der Waals surface area contributed by atoms with E-state index < -0.39 is 0 Å². The number of hydrogen-bond donors (Lipinski definition) is 1. The topological polar surface area (TPSA) is 38.3 Å². The zero-order valence-electron chi connectivity index (χ0n) is 11.4. The summed E-state index contributed by atoms with van der Waals surface area (Å²) >= 11 is 0. The molecule has 3 nitrogen and oxygen atoms in total. The first kappa shape index (κ1) is 12.9. The van der Waals surface area contributed by atoms with Crippen LogP contribution in [0.2, 0.25) is 0 Å². The lowest BCUT2D eigenvalue weighted by atomic mass is 9.94. The molecule has 0 bridgehead atoms. The van der Waals surface area contributed by atoms with Crippen LogP contribution in [0.3, 0.4) is 0 Å². The fourth-order valence-electron chi connectivity index (χ4n) is 2.60. The van der Waals surface area contributed by atoms with Crippen molar-refractivity contribution in [1.29, 1.82) is 0 Å². The number of rotatable bonds is 2. The highest BCUT2D eigenvalue weighted by Crippen LogP contribution is 2.29. The Balaban J connectivity index is 1.99. The molecule has 0 radical (unpaired) electrons. The number of nitrogens with one attached hydrogen (secondary N) is 1. The van der Waals surface area contributed by atoms with Crippen molar-refractivity contribution in [2.45, 2.75) is 19.6 Å². The van der Waals surface area contributed by atoms with Crippen molar-refractivity contribution in [3.63, 3.8) is 0 Å². The van der Waals surface area contributed by atoms with E-state index in [9.17, 15) is 4.79 Å². The maximum Gasteiger partial charge on any atom is 0.217 e. The van der Waals surface area contributed by atoms with Crippen LogP contribution in [-0.2, 0) is 16.1 Å². The van der Waals surface area contributed by atoms with Crippen LogP contribution in [0.15, 0.2) is 48.5 Å². The van der Waals surface area contributed by atoms with Gasteiger partial charge >= 0.3 is 0 Å². The standard InChI is InChI=1S/C17H17NO2/c1-12(19)18-17-11-20-10-15-8-7-14(9-16(15)17)13-5-3-2-4-6-13/h2-9,17H,10-11H2,1H3,(H,18,19). The molecule has 102 valence electrons. The van der Waals surface area contributed by atoms with Gasteiger partial charge in [0.05, 0.1) is 19.3 Å². The third kappa shape index (κ3) is 2.58. The quantitative estimate of drug-likeness (QED) is 0.908. The van der Waals surface area contributed by atoms with Crippen molar-refractivity contribution in [2.24, 2.45) is 0 Å². The first-order chi connectivity index (χ1) is 9.74. The molecule has 0 fully saturated rings. The summed E-state index contributed by atoms with van der Waals surface area (Å²) in [5.74, 6) is -0.0310. The Morgan fingerprint density at radius 3 is 2.70 bits per heavy atom. The van der Waals surface area contributed by atoms with E-state index in [4.69, 9.17) is 4.74 Å². The Hall–Kier alpha value is -2.13. The first-order valence-corrected chi connectivity index (χ1v) is 6.77. The van der Waals surface area contributed by atoms with Crippen LogP contribution in [0.5, 0.6) is 0 Å². The molecule has 0 saturated heterocycles. The molecule has 1 amide bonds. The van der Waals surface area contributed by atoms with Crippen LogP contribution in [0.1, 0.15) is 24.1 Å². The van der Waals surface area contributed by atoms with Crippen LogP contribution < -0.4 is 5.32 Å². The van der Waals surface area contributed by atoms with Crippen molar-refractivity contribution >= 4 is 5.91 Å². The van der Waals surface area contributed by atoms with Gasteiger partial charge in [-0.25, -0.2) is 0 Å². The molecule has 3 rings (SSSR count). The molecule has 1 unspecified atom stereocenters. The SMILES string of the molecule is CC(=O)NC1COCc2ccc(-c3ccccc3)cc21. The van der Waals surface area contributed by atoms with E-state index in [1.807, 2.05) is 18.2 Å². The minimum absolute atomic E-state index is 0.0310. The van der Waals surface area contributed by atoms with Gasteiger partial charge in [0.15, 0.2) is 0 Å². The van der Waals surface area contributed by atoms with Gasteiger partial charge in [0.25, 0.3) is 0 Å². The number of fused-ring (bicyclic) bond motifs is 1. The van der Waals surface area contributed by atoms with Crippen LogP contribution >= 0.6 is 0 Å². The summed E-state index contributed by atoms with van der Waals surface area (Å²) in [5, 5.41) is 2.95. The molecule has 2 aromatic carbocycles. The lowest BCUT2D eigenvalue weighted by molar-refractivity contribution is -0.120. The molecule has 1 heterocycles. The summed E-state index contributed by atoms with van der Waals surface area (Å²) in [5.41, 5.74) is 4.66. The molecule has 0 aromatic heterocycles. The lowest BCUT2D eigenvalue weighted by Gasteiger charge is -2.26. The van der Waals surface area contributed by atoms with E-state index in [0.717, 1.165) is 11.1 Å². The molecular weight excluding hydrogens is 250 g/mol. The average molecular weight is 267 g/mol. The van der Waals surface area contributed by atoms with E-state index in [2.05, 4.69) is 35.6 Å². The summed E-state index contributed by atoms with van der Waals surface area (Å²) in [6, 6.07) is 16.6. The number of carbonyl (C=O) groups excluding carboxylic acids is 1. The monoisotopic (exact) mass is 267 g/mol. The van der Waals surface area contributed by atoms with Gasteiger partial charge in [0.1, 0.15) is 0 Å². The maximum atomic E-state index is 11.3. The van der Waals surface area contributed by atoms with Gasteiger partial charge in [0.2, 0.25) is 5.91 Å². The average Bonchev–Trinajstić information content (AvgIpc) is 2.47. The second kappa shape index (κ2) is 5.47. The van der Waals surface area contributed by atoms with Crippen molar-refractivity contribution in [3.8, 4) is 11.1 Å². The molecule has 1 aliphatic heterocycles.